The summed E-state index contributed by atoms with van der Waals surface area (Å²) in [6, 6.07) is 6.15. The van der Waals surface area contributed by atoms with Crippen molar-refractivity contribution in [2.45, 2.75) is 25.4 Å². The lowest BCUT2D eigenvalue weighted by Crippen LogP contribution is -2.15. The number of halogens is 2. The molecular formula is C14H13BrFNS. The maximum atomic E-state index is 14.1. The second-order valence-corrected chi connectivity index (χ2v) is 6.20. The van der Waals surface area contributed by atoms with Gasteiger partial charge in [-0.3, -0.25) is 0 Å². The fourth-order valence-corrected chi connectivity index (χ4v) is 3.42. The van der Waals surface area contributed by atoms with E-state index < -0.39 is 0 Å². The smallest absolute Gasteiger partial charge is 0.131 e. The first-order valence-electron chi connectivity index (χ1n) is 5.98. The maximum Gasteiger partial charge on any atom is 0.131 e. The molecule has 0 radical (unpaired) electrons. The van der Waals surface area contributed by atoms with Gasteiger partial charge in [-0.2, -0.15) is 11.3 Å². The van der Waals surface area contributed by atoms with Gasteiger partial charge in [0.05, 0.1) is 0 Å². The molecule has 1 aliphatic rings. The molecule has 4 heteroatoms. The topological polar surface area (TPSA) is 12.0 Å². The minimum atomic E-state index is -0.149. The quantitative estimate of drug-likeness (QED) is 0.868. The molecule has 1 saturated carbocycles. The van der Waals surface area contributed by atoms with Crippen LogP contribution in [-0.4, -0.2) is 6.04 Å². The van der Waals surface area contributed by atoms with E-state index in [1.54, 1.807) is 17.4 Å². The Morgan fingerprint density at radius 3 is 2.72 bits per heavy atom. The number of nitrogens with one attached hydrogen (secondary N) is 1. The monoisotopic (exact) mass is 325 g/mol. The molecule has 1 nitrogen and oxygen atoms in total. The number of thiophene rings is 1. The Morgan fingerprint density at radius 2 is 2.11 bits per heavy atom. The third kappa shape index (κ3) is 2.66. The molecule has 0 unspecified atom stereocenters. The molecule has 1 heterocycles. The van der Waals surface area contributed by atoms with Gasteiger partial charge in [0.1, 0.15) is 5.82 Å². The van der Waals surface area contributed by atoms with Gasteiger partial charge in [0.15, 0.2) is 0 Å². The predicted molar refractivity (Wildman–Crippen MR) is 77.3 cm³/mol. The normalized spacial score (nSPS) is 15.0. The molecule has 0 saturated heterocycles. The largest absolute Gasteiger partial charge is 0.310 e. The van der Waals surface area contributed by atoms with Crippen LogP contribution in [0.1, 0.15) is 18.4 Å². The van der Waals surface area contributed by atoms with Gasteiger partial charge >= 0.3 is 0 Å². The van der Waals surface area contributed by atoms with Crippen LogP contribution < -0.4 is 5.32 Å². The zero-order valence-electron chi connectivity index (χ0n) is 9.75. The highest BCUT2D eigenvalue weighted by atomic mass is 79.9. The lowest BCUT2D eigenvalue weighted by molar-refractivity contribution is 0.623. The second kappa shape index (κ2) is 5.11. The zero-order chi connectivity index (χ0) is 12.5. The van der Waals surface area contributed by atoms with Crippen molar-refractivity contribution in [3.05, 3.63) is 44.8 Å². The fourth-order valence-electron chi connectivity index (χ4n) is 1.91. The Balaban J connectivity index is 1.82. The van der Waals surface area contributed by atoms with Crippen molar-refractivity contribution in [1.29, 1.82) is 0 Å². The standard InChI is InChI=1S/C14H13BrFNS/c15-13-8-18-7-12(13)11-4-1-9(5-14(11)16)6-17-10-2-3-10/h1,4-5,7-8,10,17H,2-3,6H2. The first-order valence-corrected chi connectivity index (χ1v) is 7.71. The van der Waals surface area contributed by atoms with Gasteiger partial charge < -0.3 is 5.32 Å². The Kier molecular flexibility index (Phi) is 3.50. The van der Waals surface area contributed by atoms with E-state index in [9.17, 15) is 4.39 Å². The minimum absolute atomic E-state index is 0.149. The van der Waals surface area contributed by atoms with Gasteiger partial charge in [-0.25, -0.2) is 4.39 Å². The first kappa shape index (κ1) is 12.3. The number of hydrogen-bond acceptors (Lipinski definition) is 2. The molecule has 1 aromatic carbocycles. The molecule has 1 fully saturated rings. The summed E-state index contributed by atoms with van der Waals surface area (Å²) < 4.78 is 15.0. The van der Waals surface area contributed by atoms with E-state index in [-0.39, 0.29) is 5.82 Å². The van der Waals surface area contributed by atoms with Gasteiger partial charge in [0.25, 0.3) is 0 Å². The molecule has 0 amide bonds. The van der Waals surface area contributed by atoms with Crippen LogP contribution in [0.4, 0.5) is 4.39 Å². The SMILES string of the molecule is Fc1cc(CNC2CC2)ccc1-c1cscc1Br. The second-order valence-electron chi connectivity index (χ2n) is 4.60. The summed E-state index contributed by atoms with van der Waals surface area (Å²) in [5.41, 5.74) is 2.60. The highest BCUT2D eigenvalue weighted by Gasteiger charge is 2.20. The maximum absolute atomic E-state index is 14.1. The van der Waals surface area contributed by atoms with Crippen LogP contribution in [0.2, 0.25) is 0 Å². The minimum Gasteiger partial charge on any atom is -0.310 e. The van der Waals surface area contributed by atoms with Gasteiger partial charge in [-0.05, 0) is 45.8 Å². The molecule has 0 aliphatic heterocycles. The molecule has 1 aromatic heterocycles. The predicted octanol–water partition coefficient (Wildman–Crippen LogP) is 4.57. The van der Waals surface area contributed by atoms with Gasteiger partial charge in [-0.1, -0.05) is 12.1 Å². The Hall–Kier alpha value is -0.710. The summed E-state index contributed by atoms with van der Waals surface area (Å²) in [5, 5.41) is 7.32. The summed E-state index contributed by atoms with van der Waals surface area (Å²) in [6.45, 7) is 0.757. The highest BCUT2D eigenvalue weighted by molar-refractivity contribution is 9.10. The van der Waals surface area contributed by atoms with E-state index in [2.05, 4.69) is 21.2 Å². The lowest BCUT2D eigenvalue weighted by atomic mass is 10.1. The Labute approximate surface area is 118 Å². The summed E-state index contributed by atoms with van der Waals surface area (Å²) >= 11 is 5.02. The van der Waals surface area contributed by atoms with Gasteiger partial charge in [0.2, 0.25) is 0 Å². The summed E-state index contributed by atoms with van der Waals surface area (Å²) in [6.07, 6.45) is 2.50. The molecule has 2 aromatic rings. The van der Waals surface area contributed by atoms with Crippen molar-refractivity contribution in [3.8, 4) is 11.1 Å². The first-order chi connectivity index (χ1) is 8.74. The van der Waals surface area contributed by atoms with Crippen molar-refractivity contribution in [1.82, 2.24) is 5.32 Å². The van der Waals surface area contributed by atoms with E-state index in [0.29, 0.717) is 11.6 Å². The van der Waals surface area contributed by atoms with E-state index >= 15 is 0 Å². The van der Waals surface area contributed by atoms with Crippen LogP contribution in [0.15, 0.2) is 33.4 Å². The summed E-state index contributed by atoms with van der Waals surface area (Å²) in [4.78, 5) is 0. The molecule has 1 aliphatic carbocycles. The van der Waals surface area contributed by atoms with E-state index in [1.165, 1.54) is 12.8 Å². The van der Waals surface area contributed by atoms with Gasteiger partial charge in [-0.15, -0.1) is 0 Å². The van der Waals surface area contributed by atoms with Crippen LogP contribution >= 0.6 is 27.3 Å². The van der Waals surface area contributed by atoms with Crippen molar-refractivity contribution < 1.29 is 4.39 Å². The molecule has 3 rings (SSSR count). The molecule has 0 bridgehead atoms. The molecule has 0 spiro atoms. The van der Waals surface area contributed by atoms with E-state index in [4.69, 9.17) is 0 Å². The van der Waals surface area contributed by atoms with Crippen molar-refractivity contribution in [2.75, 3.05) is 0 Å². The van der Waals surface area contributed by atoms with Crippen LogP contribution in [0.25, 0.3) is 11.1 Å². The summed E-state index contributed by atoms with van der Waals surface area (Å²) in [5.74, 6) is -0.149. The van der Waals surface area contributed by atoms with Crippen molar-refractivity contribution in [3.63, 3.8) is 0 Å². The van der Waals surface area contributed by atoms with Crippen LogP contribution in [-0.2, 0) is 6.54 Å². The molecule has 1 N–H and O–H groups in total. The van der Waals surface area contributed by atoms with E-state index in [0.717, 1.165) is 22.1 Å². The van der Waals surface area contributed by atoms with Crippen LogP contribution in [0.3, 0.4) is 0 Å². The third-order valence-corrected chi connectivity index (χ3v) is 4.81. The van der Waals surface area contributed by atoms with Gasteiger partial charge in [0, 0.05) is 33.6 Å². The fraction of sp³-hybridized carbons (Fsp3) is 0.286. The highest BCUT2D eigenvalue weighted by Crippen LogP contribution is 2.33. The lowest BCUT2D eigenvalue weighted by Gasteiger charge is -2.06. The van der Waals surface area contributed by atoms with Crippen LogP contribution in [0, 0.1) is 5.82 Å². The Morgan fingerprint density at radius 1 is 1.28 bits per heavy atom. The Bertz CT molecular complexity index is 563. The molecular weight excluding hydrogens is 313 g/mol. The van der Waals surface area contributed by atoms with E-state index in [1.807, 2.05) is 22.9 Å². The number of hydrogen-bond donors (Lipinski definition) is 1. The summed E-state index contributed by atoms with van der Waals surface area (Å²) in [7, 11) is 0. The average Bonchev–Trinajstić information content (AvgIpc) is 3.09. The van der Waals surface area contributed by atoms with Crippen LogP contribution in [0.5, 0.6) is 0 Å². The molecule has 94 valence electrons. The van der Waals surface area contributed by atoms with Crippen molar-refractivity contribution in [2.24, 2.45) is 0 Å². The molecule has 18 heavy (non-hydrogen) atoms. The molecule has 0 atom stereocenters. The number of benzene rings is 1. The van der Waals surface area contributed by atoms with Crippen molar-refractivity contribution >= 4 is 27.3 Å². The zero-order valence-corrected chi connectivity index (χ0v) is 12.2. The number of rotatable bonds is 4. The average molecular weight is 326 g/mol. The third-order valence-electron chi connectivity index (χ3n) is 3.11.